The van der Waals surface area contributed by atoms with E-state index >= 15 is 0 Å². The van der Waals surface area contributed by atoms with Crippen molar-refractivity contribution >= 4 is 0 Å². The number of hydrogen-bond donors (Lipinski definition) is 0. The van der Waals surface area contributed by atoms with Gasteiger partial charge in [-0.05, 0) is 12.5 Å². The molecule has 206 valence electrons. The summed E-state index contributed by atoms with van der Waals surface area (Å²) in [6.07, 6.45) is -0.123. The van der Waals surface area contributed by atoms with Crippen LogP contribution in [0.4, 0.5) is 0 Å². The molecule has 3 saturated heterocycles. The zero-order valence-corrected chi connectivity index (χ0v) is 22.1. The fraction of sp³-hybridized carbons (Fsp3) is 0.778. The summed E-state index contributed by atoms with van der Waals surface area (Å²) in [6.45, 7) is 14.8. The van der Waals surface area contributed by atoms with Gasteiger partial charge in [0.05, 0.1) is 85.9 Å². The Labute approximate surface area is 216 Å². The van der Waals surface area contributed by atoms with Crippen LogP contribution in [0.5, 0.6) is 0 Å². The molecule has 1 aromatic rings. The summed E-state index contributed by atoms with van der Waals surface area (Å²) >= 11 is 0. The lowest BCUT2D eigenvalue weighted by atomic mass is 10.2. The zero-order chi connectivity index (χ0) is 25.1. The molecule has 3 aliphatic heterocycles. The van der Waals surface area contributed by atoms with E-state index in [-0.39, 0.29) is 6.10 Å². The van der Waals surface area contributed by atoms with Crippen molar-refractivity contribution in [3.63, 3.8) is 0 Å². The van der Waals surface area contributed by atoms with Gasteiger partial charge in [0.1, 0.15) is 6.10 Å². The van der Waals surface area contributed by atoms with Crippen molar-refractivity contribution in [3.05, 3.63) is 35.4 Å². The summed E-state index contributed by atoms with van der Waals surface area (Å²) in [4.78, 5) is 4.63. The molecule has 0 aliphatic carbocycles. The minimum absolute atomic E-state index is 0.123. The molecule has 3 heterocycles. The predicted molar refractivity (Wildman–Crippen MR) is 138 cm³/mol. The minimum Gasteiger partial charge on any atom is -0.378 e. The maximum absolute atomic E-state index is 6.24. The smallest absolute Gasteiger partial charge is 0.104 e. The van der Waals surface area contributed by atoms with Crippen LogP contribution in [0.3, 0.4) is 0 Å². The molecule has 4 rings (SSSR count). The summed E-state index contributed by atoms with van der Waals surface area (Å²) in [6, 6.07) is 8.43. The van der Waals surface area contributed by atoms with Gasteiger partial charge in [-0.1, -0.05) is 29.8 Å². The molecule has 2 bridgehead atoms. The van der Waals surface area contributed by atoms with Crippen molar-refractivity contribution in [3.8, 4) is 0 Å². The van der Waals surface area contributed by atoms with E-state index in [4.69, 9.17) is 33.2 Å². The lowest BCUT2D eigenvalue weighted by molar-refractivity contribution is -0.0727. The van der Waals surface area contributed by atoms with Gasteiger partial charge >= 0.3 is 0 Å². The van der Waals surface area contributed by atoms with Crippen LogP contribution in [0.1, 0.15) is 11.1 Å². The van der Waals surface area contributed by atoms with E-state index in [1.165, 1.54) is 5.56 Å². The lowest BCUT2D eigenvalue weighted by Gasteiger charge is -2.26. The van der Waals surface area contributed by atoms with E-state index in [0.29, 0.717) is 85.9 Å². The molecule has 3 fully saturated rings. The Morgan fingerprint density at radius 1 is 0.639 bits per heavy atom. The quantitative estimate of drug-likeness (QED) is 0.601. The van der Waals surface area contributed by atoms with Gasteiger partial charge in [-0.25, -0.2) is 0 Å². The van der Waals surface area contributed by atoms with Crippen LogP contribution in [0, 0.1) is 6.92 Å². The van der Waals surface area contributed by atoms with Crippen LogP contribution in [0.25, 0.3) is 0 Å². The Kier molecular flexibility index (Phi) is 15.5. The number of nitrogens with zero attached hydrogens (tertiary/aromatic N) is 2. The van der Waals surface area contributed by atoms with Gasteiger partial charge in [-0.2, -0.15) is 0 Å². The Morgan fingerprint density at radius 2 is 1.11 bits per heavy atom. The molecule has 1 unspecified atom stereocenters. The van der Waals surface area contributed by atoms with E-state index in [2.05, 4.69) is 41.0 Å². The van der Waals surface area contributed by atoms with Crippen LogP contribution in [-0.4, -0.2) is 134 Å². The molecule has 9 nitrogen and oxygen atoms in total. The predicted octanol–water partition coefficient (Wildman–Crippen LogP) is 1.61. The third kappa shape index (κ3) is 13.4. The SMILES string of the molecule is Cc1ccc(COCC2COCCN3CCOCCOCCN(CCOCCOCC3)CCO2)cc1. The molecule has 1 atom stereocenters. The number of aryl methyl sites for hydroxylation is 1. The first-order valence-corrected chi connectivity index (χ1v) is 13.4. The Bertz CT molecular complexity index is 644. The largest absolute Gasteiger partial charge is 0.378 e. The van der Waals surface area contributed by atoms with Gasteiger partial charge in [0.15, 0.2) is 0 Å². The number of rotatable bonds is 4. The summed E-state index contributed by atoms with van der Waals surface area (Å²) in [5.74, 6) is 0. The molecular weight excluding hydrogens is 464 g/mol. The second-order valence-electron chi connectivity index (χ2n) is 9.20. The van der Waals surface area contributed by atoms with Gasteiger partial charge in [-0.3, -0.25) is 9.80 Å². The Morgan fingerprint density at radius 3 is 1.64 bits per heavy atom. The number of hydrogen-bond acceptors (Lipinski definition) is 9. The third-order valence-corrected chi connectivity index (χ3v) is 6.26. The summed E-state index contributed by atoms with van der Waals surface area (Å²) < 4.78 is 41.5. The first-order chi connectivity index (χ1) is 17.8. The van der Waals surface area contributed by atoms with Crippen molar-refractivity contribution in [2.24, 2.45) is 0 Å². The van der Waals surface area contributed by atoms with Crippen LogP contribution in [-0.2, 0) is 39.8 Å². The maximum Gasteiger partial charge on any atom is 0.104 e. The average Bonchev–Trinajstić information content (AvgIpc) is 2.88. The van der Waals surface area contributed by atoms with Gasteiger partial charge in [0, 0.05) is 39.3 Å². The lowest BCUT2D eigenvalue weighted by Crippen LogP contribution is -2.38. The highest BCUT2D eigenvalue weighted by molar-refractivity contribution is 5.20. The second-order valence-corrected chi connectivity index (χ2v) is 9.20. The molecule has 0 saturated carbocycles. The first kappa shape index (κ1) is 29.4. The number of fused-ring (bicyclic) bond motifs is 21. The average molecular weight is 511 g/mol. The molecule has 9 heteroatoms. The minimum atomic E-state index is -0.123. The first-order valence-electron chi connectivity index (χ1n) is 13.4. The molecule has 0 spiro atoms. The van der Waals surface area contributed by atoms with E-state index < -0.39 is 0 Å². The van der Waals surface area contributed by atoms with Gasteiger partial charge in [0.2, 0.25) is 0 Å². The van der Waals surface area contributed by atoms with Gasteiger partial charge < -0.3 is 33.2 Å². The zero-order valence-electron chi connectivity index (χ0n) is 22.1. The third-order valence-electron chi connectivity index (χ3n) is 6.26. The van der Waals surface area contributed by atoms with Crippen molar-refractivity contribution in [2.75, 3.05) is 119 Å². The van der Waals surface area contributed by atoms with Crippen LogP contribution >= 0.6 is 0 Å². The van der Waals surface area contributed by atoms with Crippen molar-refractivity contribution < 1.29 is 33.2 Å². The van der Waals surface area contributed by atoms with E-state index in [1.807, 2.05) is 0 Å². The highest BCUT2D eigenvalue weighted by Gasteiger charge is 2.14. The molecule has 0 amide bonds. The van der Waals surface area contributed by atoms with Crippen molar-refractivity contribution in [1.29, 1.82) is 0 Å². The summed E-state index contributed by atoms with van der Waals surface area (Å²) in [5, 5.41) is 0. The van der Waals surface area contributed by atoms with Gasteiger partial charge in [0.25, 0.3) is 0 Å². The second kappa shape index (κ2) is 19.0. The van der Waals surface area contributed by atoms with Crippen molar-refractivity contribution in [2.45, 2.75) is 19.6 Å². The molecule has 0 aromatic heterocycles. The van der Waals surface area contributed by atoms with Crippen LogP contribution < -0.4 is 0 Å². The Balaban J connectivity index is 1.56. The Hall–Kier alpha value is -1.14. The number of ether oxygens (including phenoxy) is 7. The molecule has 3 aliphatic rings. The maximum atomic E-state index is 6.24. The molecule has 36 heavy (non-hydrogen) atoms. The number of benzene rings is 1. The van der Waals surface area contributed by atoms with E-state index in [9.17, 15) is 0 Å². The highest BCUT2D eigenvalue weighted by atomic mass is 16.6. The normalized spacial score (nSPS) is 27.3. The van der Waals surface area contributed by atoms with Crippen LogP contribution in [0.2, 0.25) is 0 Å². The topological polar surface area (TPSA) is 71.1 Å². The fourth-order valence-corrected chi connectivity index (χ4v) is 3.98. The standard InChI is InChI=1S/C27H46N2O7/c1-25-2-4-26(5-3-25)22-35-24-27-23-34-16-10-28-6-12-30-18-20-32-14-8-29(11-17-36-27)9-15-33-21-19-31-13-7-28/h2-5,27H,6-24H2,1H3. The van der Waals surface area contributed by atoms with E-state index in [1.54, 1.807) is 0 Å². The van der Waals surface area contributed by atoms with E-state index in [0.717, 1.165) is 44.8 Å². The molecular formula is C27H46N2O7. The molecule has 1 aromatic carbocycles. The monoisotopic (exact) mass is 510 g/mol. The summed E-state index contributed by atoms with van der Waals surface area (Å²) in [7, 11) is 0. The highest BCUT2D eigenvalue weighted by Crippen LogP contribution is 2.06. The molecule has 0 radical (unpaired) electrons. The summed E-state index contributed by atoms with van der Waals surface area (Å²) in [5.41, 5.74) is 2.41. The van der Waals surface area contributed by atoms with Crippen LogP contribution in [0.15, 0.2) is 24.3 Å². The van der Waals surface area contributed by atoms with Gasteiger partial charge in [-0.15, -0.1) is 0 Å². The fourth-order valence-electron chi connectivity index (χ4n) is 3.98. The molecule has 0 N–H and O–H groups in total. The van der Waals surface area contributed by atoms with Crippen molar-refractivity contribution in [1.82, 2.24) is 9.80 Å².